The molecule has 0 bridgehead atoms. The Bertz CT molecular complexity index is 1020. The van der Waals surface area contributed by atoms with Gasteiger partial charge >= 0.3 is 0 Å². The normalized spacial score (nSPS) is 13.5. The van der Waals surface area contributed by atoms with Crippen molar-refractivity contribution < 1.29 is 4.74 Å². The van der Waals surface area contributed by atoms with Crippen molar-refractivity contribution >= 4 is 11.6 Å². The van der Waals surface area contributed by atoms with Gasteiger partial charge in [-0.15, -0.1) is 0 Å². The number of rotatable bonds is 5. The fourth-order valence-electron chi connectivity index (χ4n) is 3.37. The number of aromatic nitrogens is 4. The van der Waals surface area contributed by atoms with Crippen LogP contribution < -0.4 is 10.6 Å². The average molecular weight is 400 g/mol. The summed E-state index contributed by atoms with van der Waals surface area (Å²) in [7, 11) is 0. The van der Waals surface area contributed by atoms with Gasteiger partial charge < -0.3 is 15.4 Å². The monoisotopic (exact) mass is 400 g/mol. The second-order valence-corrected chi connectivity index (χ2v) is 7.06. The van der Waals surface area contributed by atoms with Gasteiger partial charge in [0.1, 0.15) is 23.7 Å². The van der Waals surface area contributed by atoms with Crippen molar-refractivity contribution in [2.45, 2.75) is 19.3 Å². The standard InChI is InChI=1S/C23H24N6O/c24-23-20(5-1-3-18-4-2-10-25-15-18)21(27-17-28-23)8-6-19-7-9-22(26-16-19)29-11-13-30-14-12-29/h2,4,7,9-10,15-17H,1,3,5,11-14H2,(H2,24,27,28). The zero-order chi connectivity index (χ0) is 20.6. The van der Waals surface area contributed by atoms with E-state index in [9.17, 15) is 0 Å². The quantitative estimate of drug-likeness (QED) is 0.657. The van der Waals surface area contributed by atoms with Crippen LogP contribution in [0.5, 0.6) is 0 Å². The van der Waals surface area contributed by atoms with Gasteiger partial charge in [-0.1, -0.05) is 12.0 Å². The first-order valence-corrected chi connectivity index (χ1v) is 10.1. The molecule has 7 heteroatoms. The van der Waals surface area contributed by atoms with E-state index < -0.39 is 0 Å². The van der Waals surface area contributed by atoms with Crippen molar-refractivity contribution in [1.29, 1.82) is 0 Å². The number of hydrogen-bond donors (Lipinski definition) is 1. The molecule has 30 heavy (non-hydrogen) atoms. The summed E-state index contributed by atoms with van der Waals surface area (Å²) in [6.07, 6.45) is 9.53. The first kappa shape index (κ1) is 19.8. The summed E-state index contributed by atoms with van der Waals surface area (Å²) in [4.78, 5) is 19.4. The van der Waals surface area contributed by atoms with Crippen molar-refractivity contribution in [3.05, 3.63) is 71.6 Å². The van der Waals surface area contributed by atoms with Crippen LogP contribution in [0.4, 0.5) is 11.6 Å². The van der Waals surface area contributed by atoms with Gasteiger partial charge in [0.2, 0.25) is 0 Å². The molecule has 7 nitrogen and oxygen atoms in total. The van der Waals surface area contributed by atoms with Crippen LogP contribution in [0.15, 0.2) is 49.2 Å². The molecule has 0 aromatic carbocycles. The Kier molecular flexibility index (Phi) is 6.47. The average Bonchev–Trinajstić information content (AvgIpc) is 2.81. The first-order chi connectivity index (χ1) is 14.8. The molecule has 0 radical (unpaired) electrons. The Balaban J connectivity index is 1.44. The summed E-state index contributed by atoms with van der Waals surface area (Å²) in [5.41, 5.74) is 9.72. The van der Waals surface area contributed by atoms with Crippen LogP contribution in [-0.2, 0) is 17.6 Å². The van der Waals surface area contributed by atoms with Gasteiger partial charge in [-0.25, -0.2) is 15.0 Å². The molecule has 0 amide bonds. The Morgan fingerprint density at radius 3 is 2.67 bits per heavy atom. The molecule has 4 heterocycles. The molecule has 0 aliphatic carbocycles. The molecule has 0 unspecified atom stereocenters. The minimum Gasteiger partial charge on any atom is -0.383 e. The van der Waals surface area contributed by atoms with Crippen molar-refractivity contribution in [3.8, 4) is 11.8 Å². The van der Waals surface area contributed by atoms with E-state index in [4.69, 9.17) is 10.5 Å². The third-order valence-corrected chi connectivity index (χ3v) is 5.00. The number of nitrogens with two attached hydrogens (primary N) is 1. The van der Waals surface area contributed by atoms with E-state index in [0.29, 0.717) is 11.5 Å². The van der Waals surface area contributed by atoms with Crippen molar-refractivity contribution in [1.82, 2.24) is 19.9 Å². The molecule has 0 saturated carbocycles. The topological polar surface area (TPSA) is 90.0 Å². The van der Waals surface area contributed by atoms with Gasteiger partial charge in [-0.2, -0.15) is 0 Å². The lowest BCUT2D eigenvalue weighted by molar-refractivity contribution is 0.122. The van der Waals surface area contributed by atoms with E-state index in [1.807, 2.05) is 24.4 Å². The molecule has 4 rings (SSSR count). The van der Waals surface area contributed by atoms with Crippen LogP contribution >= 0.6 is 0 Å². The number of anilines is 2. The minimum absolute atomic E-state index is 0.487. The van der Waals surface area contributed by atoms with Crippen LogP contribution in [0.25, 0.3) is 0 Å². The molecule has 3 aromatic rings. The first-order valence-electron chi connectivity index (χ1n) is 10.1. The van der Waals surface area contributed by atoms with Crippen LogP contribution in [0.3, 0.4) is 0 Å². The lowest BCUT2D eigenvalue weighted by Gasteiger charge is -2.27. The Morgan fingerprint density at radius 1 is 1.00 bits per heavy atom. The number of hydrogen-bond acceptors (Lipinski definition) is 7. The lowest BCUT2D eigenvalue weighted by Crippen LogP contribution is -2.36. The molecule has 1 fully saturated rings. The zero-order valence-electron chi connectivity index (χ0n) is 16.8. The maximum absolute atomic E-state index is 6.11. The summed E-state index contributed by atoms with van der Waals surface area (Å²) in [5.74, 6) is 7.74. The number of pyridine rings is 2. The number of aryl methyl sites for hydroxylation is 1. The van der Waals surface area contributed by atoms with Crippen molar-refractivity contribution in [3.63, 3.8) is 0 Å². The second kappa shape index (κ2) is 9.81. The van der Waals surface area contributed by atoms with Crippen LogP contribution in [0.1, 0.15) is 28.8 Å². The molecule has 0 atom stereocenters. The Labute approximate surface area is 176 Å². The summed E-state index contributed by atoms with van der Waals surface area (Å²) in [6, 6.07) is 8.01. The zero-order valence-corrected chi connectivity index (χ0v) is 16.8. The van der Waals surface area contributed by atoms with Crippen LogP contribution in [0, 0.1) is 11.8 Å². The van der Waals surface area contributed by atoms with E-state index in [-0.39, 0.29) is 0 Å². The van der Waals surface area contributed by atoms with E-state index in [1.54, 1.807) is 12.4 Å². The van der Waals surface area contributed by atoms with Gasteiger partial charge in [-0.05, 0) is 48.9 Å². The Morgan fingerprint density at radius 2 is 1.90 bits per heavy atom. The molecule has 1 aliphatic heterocycles. The maximum Gasteiger partial charge on any atom is 0.131 e. The summed E-state index contributed by atoms with van der Waals surface area (Å²) >= 11 is 0. The molecule has 152 valence electrons. The highest BCUT2D eigenvalue weighted by molar-refractivity contribution is 5.51. The molecule has 1 saturated heterocycles. The third-order valence-electron chi connectivity index (χ3n) is 5.00. The number of ether oxygens (including phenoxy) is 1. The molecule has 2 N–H and O–H groups in total. The number of nitrogen functional groups attached to an aromatic ring is 1. The van der Waals surface area contributed by atoms with E-state index in [1.165, 1.54) is 11.9 Å². The van der Waals surface area contributed by atoms with Gasteiger partial charge in [0.15, 0.2) is 0 Å². The fraction of sp³-hybridized carbons (Fsp3) is 0.304. The van der Waals surface area contributed by atoms with Crippen LogP contribution in [0.2, 0.25) is 0 Å². The maximum atomic E-state index is 6.11. The van der Waals surface area contributed by atoms with E-state index >= 15 is 0 Å². The Hall–Kier alpha value is -3.50. The summed E-state index contributed by atoms with van der Waals surface area (Å²) in [5, 5.41) is 0. The van der Waals surface area contributed by atoms with Gasteiger partial charge in [0, 0.05) is 42.8 Å². The largest absolute Gasteiger partial charge is 0.383 e. The number of morpholine rings is 1. The van der Waals surface area contributed by atoms with E-state index in [0.717, 1.165) is 62.5 Å². The molecule has 1 aliphatic rings. The van der Waals surface area contributed by atoms with Gasteiger partial charge in [0.25, 0.3) is 0 Å². The van der Waals surface area contributed by atoms with Gasteiger partial charge in [-0.3, -0.25) is 4.98 Å². The predicted octanol–water partition coefficient (Wildman–Crippen LogP) is 2.26. The molecule has 0 spiro atoms. The fourth-order valence-corrected chi connectivity index (χ4v) is 3.37. The van der Waals surface area contributed by atoms with Gasteiger partial charge in [0.05, 0.1) is 13.2 Å². The molecule has 3 aromatic heterocycles. The predicted molar refractivity (Wildman–Crippen MR) is 116 cm³/mol. The second-order valence-electron chi connectivity index (χ2n) is 7.06. The van der Waals surface area contributed by atoms with E-state index in [2.05, 4.69) is 42.7 Å². The lowest BCUT2D eigenvalue weighted by atomic mass is 10.0. The SMILES string of the molecule is Nc1ncnc(C#Cc2ccc(N3CCOCC3)nc2)c1CCCc1cccnc1. The van der Waals surface area contributed by atoms with Crippen molar-refractivity contribution in [2.75, 3.05) is 36.9 Å². The smallest absolute Gasteiger partial charge is 0.131 e. The molecular weight excluding hydrogens is 376 g/mol. The number of nitrogens with zero attached hydrogens (tertiary/aromatic N) is 5. The summed E-state index contributed by atoms with van der Waals surface area (Å²) in [6.45, 7) is 3.20. The minimum atomic E-state index is 0.487. The highest BCUT2D eigenvalue weighted by Gasteiger charge is 2.12. The third kappa shape index (κ3) is 5.10. The highest BCUT2D eigenvalue weighted by atomic mass is 16.5. The van der Waals surface area contributed by atoms with Crippen LogP contribution in [-0.4, -0.2) is 46.2 Å². The molecular formula is C23H24N6O. The summed E-state index contributed by atoms with van der Waals surface area (Å²) < 4.78 is 5.39. The highest BCUT2D eigenvalue weighted by Crippen LogP contribution is 2.16. The van der Waals surface area contributed by atoms with Crippen molar-refractivity contribution in [2.24, 2.45) is 0 Å².